The molecule has 2 saturated heterocycles. The number of ether oxygens (including phenoxy) is 1. The summed E-state index contributed by atoms with van der Waals surface area (Å²) in [5.41, 5.74) is 1.42. The average Bonchev–Trinajstić information content (AvgIpc) is 2.96. The van der Waals surface area contributed by atoms with Crippen LogP contribution in [0.25, 0.3) is 0 Å². The molecule has 20 heavy (non-hydrogen) atoms. The van der Waals surface area contributed by atoms with E-state index in [0.717, 1.165) is 26.0 Å². The molecule has 0 aromatic heterocycles. The Kier molecular flexibility index (Phi) is 4.71. The molecular weight excluding hydrogens is 248 g/mol. The third-order valence-corrected chi connectivity index (χ3v) is 4.82. The lowest BCUT2D eigenvalue weighted by molar-refractivity contribution is -0.0645. The zero-order valence-corrected chi connectivity index (χ0v) is 12.4. The zero-order valence-electron chi connectivity index (χ0n) is 12.4. The first-order valence-electron chi connectivity index (χ1n) is 7.93. The Labute approximate surface area is 122 Å². The number of hydrogen-bond acceptors (Lipinski definition) is 3. The summed E-state index contributed by atoms with van der Waals surface area (Å²) >= 11 is 0. The smallest absolute Gasteiger partial charge is 0.0855 e. The van der Waals surface area contributed by atoms with E-state index in [4.69, 9.17) is 4.74 Å². The van der Waals surface area contributed by atoms with Crippen molar-refractivity contribution in [3.05, 3.63) is 35.9 Å². The van der Waals surface area contributed by atoms with E-state index in [1.165, 1.54) is 24.9 Å². The fraction of sp³-hybridized carbons (Fsp3) is 0.647. The molecule has 3 rings (SSSR count). The second kappa shape index (κ2) is 6.70. The van der Waals surface area contributed by atoms with Gasteiger partial charge in [-0.05, 0) is 44.8 Å². The highest BCUT2D eigenvalue weighted by molar-refractivity contribution is 5.15. The van der Waals surface area contributed by atoms with Crippen LogP contribution in [0.3, 0.4) is 0 Å². The van der Waals surface area contributed by atoms with Gasteiger partial charge in [0, 0.05) is 18.6 Å². The van der Waals surface area contributed by atoms with Gasteiger partial charge in [-0.3, -0.25) is 4.90 Å². The van der Waals surface area contributed by atoms with E-state index in [-0.39, 0.29) is 0 Å². The molecule has 2 fully saturated rings. The molecule has 0 bridgehead atoms. The number of hydrogen-bond donors (Lipinski definition) is 1. The van der Waals surface area contributed by atoms with Gasteiger partial charge in [0.05, 0.1) is 12.7 Å². The van der Waals surface area contributed by atoms with Crippen LogP contribution in [0, 0.1) is 0 Å². The predicted molar refractivity (Wildman–Crippen MR) is 81.9 cm³/mol. The van der Waals surface area contributed by atoms with Crippen molar-refractivity contribution in [2.45, 2.75) is 43.9 Å². The monoisotopic (exact) mass is 274 g/mol. The highest BCUT2D eigenvalue weighted by atomic mass is 16.5. The van der Waals surface area contributed by atoms with Gasteiger partial charge in [0.1, 0.15) is 0 Å². The fourth-order valence-corrected chi connectivity index (χ4v) is 3.57. The van der Waals surface area contributed by atoms with Gasteiger partial charge in [0.2, 0.25) is 0 Å². The Morgan fingerprint density at radius 2 is 2.20 bits per heavy atom. The van der Waals surface area contributed by atoms with Crippen LogP contribution >= 0.6 is 0 Å². The van der Waals surface area contributed by atoms with Gasteiger partial charge in [0.15, 0.2) is 0 Å². The largest absolute Gasteiger partial charge is 0.374 e. The third-order valence-electron chi connectivity index (χ3n) is 4.82. The van der Waals surface area contributed by atoms with Crippen molar-refractivity contribution in [2.75, 3.05) is 26.7 Å². The summed E-state index contributed by atoms with van der Waals surface area (Å²) in [5.74, 6) is 0. The number of fused-ring (bicyclic) bond motifs is 1. The summed E-state index contributed by atoms with van der Waals surface area (Å²) in [6.07, 6.45) is 5.27. The number of nitrogens with zero attached hydrogens (tertiary/aromatic N) is 1. The molecule has 3 unspecified atom stereocenters. The van der Waals surface area contributed by atoms with Crippen LogP contribution in [0.15, 0.2) is 30.3 Å². The van der Waals surface area contributed by atoms with E-state index in [0.29, 0.717) is 18.2 Å². The predicted octanol–water partition coefficient (Wildman–Crippen LogP) is 2.07. The molecule has 0 radical (unpaired) electrons. The highest BCUT2D eigenvalue weighted by Gasteiger charge is 2.35. The van der Waals surface area contributed by atoms with Gasteiger partial charge >= 0.3 is 0 Å². The Balaban J connectivity index is 1.54. The maximum absolute atomic E-state index is 6.13. The summed E-state index contributed by atoms with van der Waals surface area (Å²) in [6, 6.07) is 11.9. The molecule has 2 aliphatic heterocycles. The molecule has 1 aromatic carbocycles. The van der Waals surface area contributed by atoms with E-state index < -0.39 is 0 Å². The molecule has 0 saturated carbocycles. The van der Waals surface area contributed by atoms with E-state index in [9.17, 15) is 0 Å². The van der Waals surface area contributed by atoms with Crippen LogP contribution in [0.4, 0.5) is 0 Å². The minimum atomic E-state index is 0.345. The van der Waals surface area contributed by atoms with Crippen molar-refractivity contribution in [2.24, 2.45) is 0 Å². The Bertz CT molecular complexity index is 409. The van der Waals surface area contributed by atoms with Crippen LogP contribution in [0.1, 0.15) is 24.8 Å². The molecule has 3 atom stereocenters. The second-order valence-corrected chi connectivity index (χ2v) is 6.08. The minimum absolute atomic E-state index is 0.345. The number of rotatable bonds is 5. The number of nitrogens with one attached hydrogen (secondary N) is 1. The molecule has 3 nitrogen and oxygen atoms in total. The van der Waals surface area contributed by atoms with Gasteiger partial charge in [0.25, 0.3) is 0 Å². The van der Waals surface area contributed by atoms with Crippen molar-refractivity contribution in [1.82, 2.24) is 10.2 Å². The van der Waals surface area contributed by atoms with Crippen LogP contribution in [-0.4, -0.2) is 49.8 Å². The molecule has 1 aromatic rings. The van der Waals surface area contributed by atoms with Gasteiger partial charge in [-0.1, -0.05) is 30.3 Å². The average molecular weight is 274 g/mol. The summed E-state index contributed by atoms with van der Waals surface area (Å²) in [6.45, 7) is 3.29. The Morgan fingerprint density at radius 3 is 3.00 bits per heavy atom. The number of benzene rings is 1. The molecule has 0 aliphatic carbocycles. The zero-order chi connectivity index (χ0) is 13.8. The Hall–Kier alpha value is -0.900. The van der Waals surface area contributed by atoms with Crippen LogP contribution in [-0.2, 0) is 11.2 Å². The molecule has 110 valence electrons. The van der Waals surface area contributed by atoms with Gasteiger partial charge < -0.3 is 10.1 Å². The molecule has 1 N–H and O–H groups in total. The molecule has 0 spiro atoms. The van der Waals surface area contributed by atoms with Crippen molar-refractivity contribution >= 4 is 0 Å². The van der Waals surface area contributed by atoms with Crippen LogP contribution in [0.2, 0.25) is 0 Å². The third kappa shape index (κ3) is 3.22. The van der Waals surface area contributed by atoms with Crippen molar-refractivity contribution < 1.29 is 4.74 Å². The summed E-state index contributed by atoms with van der Waals surface area (Å²) in [5, 5.41) is 3.47. The molecule has 3 heteroatoms. The second-order valence-electron chi connectivity index (χ2n) is 6.08. The minimum Gasteiger partial charge on any atom is -0.374 e. The first kappa shape index (κ1) is 14.1. The first-order chi connectivity index (χ1) is 9.86. The maximum Gasteiger partial charge on any atom is 0.0855 e. The highest BCUT2D eigenvalue weighted by Crippen LogP contribution is 2.24. The van der Waals surface area contributed by atoms with Crippen LogP contribution in [0.5, 0.6) is 0 Å². The van der Waals surface area contributed by atoms with Gasteiger partial charge in [-0.15, -0.1) is 0 Å². The van der Waals surface area contributed by atoms with Crippen LogP contribution < -0.4 is 5.32 Å². The fourth-order valence-electron chi connectivity index (χ4n) is 3.57. The lowest BCUT2D eigenvalue weighted by Gasteiger charge is -2.38. The number of likely N-dealkylation sites (N-methyl/N-ethyl adjacent to an activating group) is 1. The summed E-state index contributed by atoms with van der Waals surface area (Å²) in [4.78, 5) is 2.63. The van der Waals surface area contributed by atoms with Gasteiger partial charge in [-0.25, -0.2) is 0 Å². The Morgan fingerprint density at radius 1 is 1.35 bits per heavy atom. The topological polar surface area (TPSA) is 24.5 Å². The SMILES string of the molecule is CNC(CCc1ccccc1)C1CN2CCCC2CO1. The molecular formula is C17H26N2O. The number of aryl methyl sites for hydroxylation is 1. The van der Waals surface area contributed by atoms with E-state index in [1.807, 2.05) is 0 Å². The molecule has 2 aliphatic rings. The van der Waals surface area contributed by atoms with Crippen molar-refractivity contribution in [3.63, 3.8) is 0 Å². The quantitative estimate of drug-likeness (QED) is 0.889. The van der Waals surface area contributed by atoms with Crippen molar-refractivity contribution in [3.8, 4) is 0 Å². The van der Waals surface area contributed by atoms with Crippen molar-refractivity contribution in [1.29, 1.82) is 0 Å². The standard InChI is InChI=1S/C17H26N2O/c1-18-16(10-9-14-6-3-2-4-7-14)17-12-19-11-5-8-15(19)13-20-17/h2-4,6-7,15-18H,5,8-13H2,1H3. The maximum atomic E-state index is 6.13. The summed E-state index contributed by atoms with van der Waals surface area (Å²) < 4.78 is 6.13. The van der Waals surface area contributed by atoms with Gasteiger partial charge in [-0.2, -0.15) is 0 Å². The lowest BCUT2D eigenvalue weighted by Crippen LogP contribution is -2.53. The number of morpholine rings is 1. The lowest BCUT2D eigenvalue weighted by atomic mass is 9.99. The van der Waals surface area contributed by atoms with E-state index >= 15 is 0 Å². The summed E-state index contributed by atoms with van der Waals surface area (Å²) in [7, 11) is 2.06. The van der Waals surface area contributed by atoms with E-state index in [1.54, 1.807) is 0 Å². The molecule has 2 heterocycles. The normalized spacial score (nSPS) is 28.2. The molecule has 0 amide bonds. The van der Waals surface area contributed by atoms with E-state index in [2.05, 4.69) is 47.6 Å². The first-order valence-corrected chi connectivity index (χ1v) is 7.93.